The molecular formula is C9H7N3O2S. The number of amides is 1. The average Bonchev–Trinajstić information content (AvgIpc) is 2.61. The van der Waals surface area contributed by atoms with Gasteiger partial charge < -0.3 is 5.21 Å². The molecule has 0 spiro atoms. The van der Waals surface area contributed by atoms with Gasteiger partial charge in [-0.3, -0.25) is 15.1 Å². The number of rotatable bonds is 1. The van der Waals surface area contributed by atoms with E-state index >= 15 is 0 Å². The molecule has 1 aromatic rings. The van der Waals surface area contributed by atoms with Crippen LogP contribution in [0.1, 0.15) is 5.56 Å². The molecule has 0 unspecified atom stereocenters. The van der Waals surface area contributed by atoms with E-state index in [1.54, 1.807) is 24.5 Å². The Hall–Kier alpha value is -1.82. The summed E-state index contributed by atoms with van der Waals surface area (Å²) in [6.45, 7) is 0. The third kappa shape index (κ3) is 2.16. The topological polar surface area (TPSA) is 74.6 Å². The molecule has 0 atom stereocenters. The lowest BCUT2D eigenvalue weighted by atomic mass is 10.2. The van der Waals surface area contributed by atoms with Crippen LogP contribution in [0.15, 0.2) is 34.6 Å². The molecule has 2 rings (SSSR count). The molecule has 1 amide bonds. The van der Waals surface area contributed by atoms with Crippen LogP contribution in [0.25, 0.3) is 6.08 Å². The number of oxime groups is 1. The Kier molecular flexibility index (Phi) is 2.68. The van der Waals surface area contributed by atoms with Crippen LogP contribution in [0.2, 0.25) is 0 Å². The van der Waals surface area contributed by atoms with E-state index in [4.69, 9.17) is 5.21 Å². The molecule has 1 aliphatic heterocycles. The van der Waals surface area contributed by atoms with E-state index in [1.165, 1.54) is 0 Å². The van der Waals surface area contributed by atoms with Gasteiger partial charge in [-0.25, -0.2) is 0 Å². The molecular weight excluding hydrogens is 214 g/mol. The van der Waals surface area contributed by atoms with Crippen LogP contribution < -0.4 is 5.32 Å². The number of hydrogen-bond acceptors (Lipinski definition) is 5. The maximum Gasteiger partial charge on any atom is 0.264 e. The Bertz CT molecular complexity index is 442. The maximum atomic E-state index is 11.3. The number of nitrogens with zero attached hydrogens (tertiary/aromatic N) is 2. The first-order valence-electron chi connectivity index (χ1n) is 4.12. The Morgan fingerprint density at radius 1 is 1.60 bits per heavy atom. The van der Waals surface area contributed by atoms with E-state index in [0.717, 1.165) is 17.3 Å². The second-order valence-corrected chi connectivity index (χ2v) is 3.79. The van der Waals surface area contributed by atoms with Crippen molar-refractivity contribution >= 4 is 28.9 Å². The number of carbonyl (C=O) groups excluding carboxylic acids is 1. The van der Waals surface area contributed by atoms with Crippen molar-refractivity contribution in [2.75, 3.05) is 0 Å². The molecule has 5 nitrogen and oxygen atoms in total. The molecule has 0 aliphatic carbocycles. The zero-order valence-corrected chi connectivity index (χ0v) is 8.36. The number of carbonyl (C=O) groups is 1. The minimum atomic E-state index is -0.267. The van der Waals surface area contributed by atoms with E-state index < -0.39 is 0 Å². The Morgan fingerprint density at radius 3 is 3.07 bits per heavy atom. The fourth-order valence-electron chi connectivity index (χ4n) is 1.09. The molecule has 0 radical (unpaired) electrons. The van der Waals surface area contributed by atoms with Gasteiger partial charge in [-0.1, -0.05) is 11.2 Å². The first-order chi connectivity index (χ1) is 7.29. The van der Waals surface area contributed by atoms with Gasteiger partial charge in [0.2, 0.25) is 5.17 Å². The molecule has 0 saturated carbocycles. The summed E-state index contributed by atoms with van der Waals surface area (Å²) in [6.07, 6.45) is 4.99. The molecule has 1 aliphatic rings. The highest BCUT2D eigenvalue weighted by molar-refractivity contribution is 8.18. The quantitative estimate of drug-likeness (QED) is 0.422. The van der Waals surface area contributed by atoms with Crippen molar-refractivity contribution in [2.24, 2.45) is 5.16 Å². The van der Waals surface area contributed by atoms with Gasteiger partial charge in [0.1, 0.15) is 0 Å². The molecule has 1 aromatic heterocycles. The molecule has 0 aromatic carbocycles. The number of hydrogen-bond donors (Lipinski definition) is 2. The third-order valence-corrected chi connectivity index (χ3v) is 2.62. The standard InChI is InChI=1S/C9H7N3O2S/c13-8-7(15-9(11-8)12-14)4-6-2-1-3-10-5-6/h1-5,14H,(H,11,12,13). The summed E-state index contributed by atoms with van der Waals surface area (Å²) >= 11 is 1.09. The number of aromatic nitrogens is 1. The average molecular weight is 221 g/mol. The Morgan fingerprint density at radius 2 is 2.47 bits per heavy atom. The van der Waals surface area contributed by atoms with Gasteiger partial charge in [0.15, 0.2) is 0 Å². The van der Waals surface area contributed by atoms with E-state index in [9.17, 15) is 4.79 Å². The SMILES string of the molecule is O=C1NC(=NO)SC1=Cc1cccnc1. The zero-order chi connectivity index (χ0) is 10.7. The first-order valence-corrected chi connectivity index (χ1v) is 4.94. The largest absolute Gasteiger partial charge is 0.409 e. The van der Waals surface area contributed by atoms with E-state index in [2.05, 4.69) is 15.5 Å². The summed E-state index contributed by atoms with van der Waals surface area (Å²) < 4.78 is 0. The molecule has 2 heterocycles. The van der Waals surface area contributed by atoms with E-state index in [-0.39, 0.29) is 11.1 Å². The van der Waals surface area contributed by atoms with E-state index in [1.807, 2.05) is 6.07 Å². The van der Waals surface area contributed by atoms with Gasteiger partial charge in [-0.2, -0.15) is 0 Å². The summed E-state index contributed by atoms with van der Waals surface area (Å²) in [5.74, 6) is -0.267. The van der Waals surface area contributed by atoms with Crippen molar-refractivity contribution < 1.29 is 10.0 Å². The lowest BCUT2D eigenvalue weighted by Crippen LogP contribution is -2.19. The Labute approximate surface area is 89.9 Å². The molecule has 6 heteroatoms. The van der Waals surface area contributed by atoms with Crippen LogP contribution in [0, 0.1) is 0 Å². The van der Waals surface area contributed by atoms with Gasteiger partial charge in [0, 0.05) is 12.4 Å². The van der Waals surface area contributed by atoms with Gasteiger partial charge in [-0.15, -0.1) is 0 Å². The minimum absolute atomic E-state index is 0.190. The van der Waals surface area contributed by atoms with Crippen LogP contribution in [0.4, 0.5) is 0 Å². The van der Waals surface area contributed by atoms with Gasteiger partial charge >= 0.3 is 0 Å². The molecule has 1 saturated heterocycles. The molecule has 0 bridgehead atoms. The van der Waals surface area contributed by atoms with Crippen molar-refractivity contribution in [3.8, 4) is 0 Å². The smallest absolute Gasteiger partial charge is 0.264 e. The fraction of sp³-hybridized carbons (Fsp3) is 0. The summed E-state index contributed by atoms with van der Waals surface area (Å²) in [5.41, 5.74) is 0.828. The first kappa shape index (κ1) is 9.72. The van der Waals surface area contributed by atoms with Gasteiger partial charge in [-0.05, 0) is 29.5 Å². The number of thioether (sulfide) groups is 1. The number of pyridine rings is 1. The maximum absolute atomic E-state index is 11.3. The van der Waals surface area contributed by atoms with Crippen molar-refractivity contribution in [1.82, 2.24) is 10.3 Å². The molecule has 2 N–H and O–H groups in total. The van der Waals surface area contributed by atoms with E-state index in [0.29, 0.717) is 4.91 Å². The monoisotopic (exact) mass is 221 g/mol. The zero-order valence-electron chi connectivity index (χ0n) is 7.54. The number of nitrogens with one attached hydrogen (secondary N) is 1. The van der Waals surface area contributed by atoms with Crippen molar-refractivity contribution in [3.63, 3.8) is 0 Å². The van der Waals surface area contributed by atoms with Crippen molar-refractivity contribution in [3.05, 3.63) is 35.0 Å². The summed E-state index contributed by atoms with van der Waals surface area (Å²) in [5, 5.41) is 14.0. The van der Waals surface area contributed by atoms with Gasteiger partial charge in [0.05, 0.1) is 4.91 Å². The fourth-order valence-corrected chi connectivity index (χ4v) is 1.82. The second kappa shape index (κ2) is 4.14. The van der Waals surface area contributed by atoms with Crippen LogP contribution in [0.5, 0.6) is 0 Å². The number of amidine groups is 1. The normalized spacial score (nSPS) is 20.9. The molecule has 15 heavy (non-hydrogen) atoms. The molecule has 1 fully saturated rings. The van der Waals surface area contributed by atoms with Crippen LogP contribution >= 0.6 is 11.8 Å². The highest BCUT2D eigenvalue weighted by Gasteiger charge is 2.23. The predicted molar refractivity (Wildman–Crippen MR) is 57.2 cm³/mol. The van der Waals surface area contributed by atoms with Crippen LogP contribution in [-0.2, 0) is 4.79 Å². The van der Waals surface area contributed by atoms with Gasteiger partial charge in [0.25, 0.3) is 5.91 Å². The molecule has 76 valence electrons. The summed E-state index contributed by atoms with van der Waals surface area (Å²) in [7, 11) is 0. The second-order valence-electron chi connectivity index (χ2n) is 2.76. The van der Waals surface area contributed by atoms with Crippen LogP contribution in [-0.4, -0.2) is 21.3 Å². The summed E-state index contributed by atoms with van der Waals surface area (Å²) in [4.78, 5) is 15.7. The Balaban J connectivity index is 2.26. The lowest BCUT2D eigenvalue weighted by molar-refractivity contribution is -0.115. The lowest BCUT2D eigenvalue weighted by Gasteiger charge is -1.92. The third-order valence-electron chi connectivity index (χ3n) is 1.72. The predicted octanol–water partition coefficient (Wildman–Crippen LogP) is 1.03. The van der Waals surface area contributed by atoms with Crippen LogP contribution in [0.3, 0.4) is 0 Å². The summed E-state index contributed by atoms with van der Waals surface area (Å²) in [6, 6.07) is 3.62. The van der Waals surface area contributed by atoms with Crippen molar-refractivity contribution in [1.29, 1.82) is 0 Å². The minimum Gasteiger partial charge on any atom is -0.409 e. The highest BCUT2D eigenvalue weighted by atomic mass is 32.2. The van der Waals surface area contributed by atoms with Crippen molar-refractivity contribution in [2.45, 2.75) is 0 Å². The highest BCUT2D eigenvalue weighted by Crippen LogP contribution is 2.25.